The van der Waals surface area contributed by atoms with Gasteiger partial charge in [-0.25, -0.2) is 14.8 Å². The number of aromatic carboxylic acids is 1. The molecule has 4 N–H and O–H groups in total. The number of ketones is 1. The maximum Gasteiger partial charge on any atom is 0.428 e. The van der Waals surface area contributed by atoms with E-state index in [9.17, 15) is 33.0 Å². The highest BCUT2D eigenvalue weighted by molar-refractivity contribution is 5.90. The van der Waals surface area contributed by atoms with E-state index < -0.39 is 35.5 Å². The maximum atomic E-state index is 13.7. The third-order valence-electron chi connectivity index (χ3n) is 4.80. The number of carboxylic acids is 1. The number of nitrogen functional groups attached to an aromatic ring is 1. The number of aliphatic hydroxyl groups is 1. The van der Waals surface area contributed by atoms with E-state index >= 15 is 0 Å². The van der Waals surface area contributed by atoms with Gasteiger partial charge < -0.3 is 15.9 Å². The van der Waals surface area contributed by atoms with Gasteiger partial charge in [0.05, 0.1) is 11.9 Å². The number of aromatic nitrogens is 3. The minimum atomic E-state index is -5.24. The van der Waals surface area contributed by atoms with Crippen molar-refractivity contribution < 1.29 is 33.0 Å². The molecule has 0 aliphatic rings. The van der Waals surface area contributed by atoms with Crippen LogP contribution in [0, 0.1) is 6.92 Å². The minimum Gasteiger partial charge on any atom is -0.476 e. The van der Waals surface area contributed by atoms with Crippen molar-refractivity contribution in [3.8, 4) is 11.3 Å². The molecular formula is C19H17F3N4O4. The lowest BCUT2D eigenvalue weighted by atomic mass is 9.85. The van der Waals surface area contributed by atoms with Crippen molar-refractivity contribution >= 4 is 23.2 Å². The van der Waals surface area contributed by atoms with Crippen LogP contribution in [0.15, 0.2) is 30.6 Å². The van der Waals surface area contributed by atoms with Crippen molar-refractivity contribution in [2.24, 2.45) is 0 Å². The van der Waals surface area contributed by atoms with Crippen LogP contribution in [0.4, 0.5) is 19.0 Å². The summed E-state index contributed by atoms with van der Waals surface area (Å²) in [5.74, 6) is -2.93. The number of fused-ring (bicyclic) bond motifs is 1. The van der Waals surface area contributed by atoms with Crippen LogP contribution in [-0.4, -0.2) is 42.5 Å². The number of hydrogen-bond donors (Lipinski definition) is 3. The molecule has 0 aliphatic carbocycles. The molecule has 30 heavy (non-hydrogen) atoms. The molecule has 2 aromatic heterocycles. The second kappa shape index (κ2) is 7.10. The van der Waals surface area contributed by atoms with E-state index in [0.717, 1.165) is 18.3 Å². The predicted octanol–water partition coefficient (Wildman–Crippen LogP) is 2.71. The zero-order valence-corrected chi connectivity index (χ0v) is 15.9. The van der Waals surface area contributed by atoms with E-state index in [2.05, 4.69) is 9.97 Å². The summed E-state index contributed by atoms with van der Waals surface area (Å²) in [6.45, 7) is 2.83. The number of carboxylic acid groups (broad SMARTS) is 1. The van der Waals surface area contributed by atoms with Gasteiger partial charge in [-0.05, 0) is 18.6 Å². The topological polar surface area (TPSA) is 131 Å². The first kappa shape index (κ1) is 21.2. The van der Waals surface area contributed by atoms with Crippen molar-refractivity contribution in [2.75, 3.05) is 5.73 Å². The number of Topliss-reactive ketones (excluding diaryl/α,β-unsaturated/α-hetero) is 1. The molecule has 0 aliphatic heterocycles. The Bertz CT molecular complexity index is 1170. The average molecular weight is 422 g/mol. The van der Waals surface area contributed by atoms with Crippen LogP contribution in [0.1, 0.15) is 35.0 Å². The van der Waals surface area contributed by atoms with Crippen molar-refractivity contribution in [1.29, 1.82) is 0 Å². The largest absolute Gasteiger partial charge is 0.476 e. The summed E-state index contributed by atoms with van der Waals surface area (Å²) in [6.07, 6.45) is -3.34. The number of rotatable bonds is 5. The van der Waals surface area contributed by atoms with E-state index in [-0.39, 0.29) is 28.4 Å². The number of halogens is 3. The van der Waals surface area contributed by atoms with Crippen LogP contribution >= 0.6 is 0 Å². The molecule has 3 rings (SSSR count). The highest BCUT2D eigenvalue weighted by atomic mass is 19.4. The van der Waals surface area contributed by atoms with E-state index in [4.69, 9.17) is 5.73 Å². The van der Waals surface area contributed by atoms with Crippen molar-refractivity contribution in [1.82, 2.24) is 14.4 Å². The number of anilines is 1. The molecule has 1 unspecified atom stereocenters. The molecule has 2 heterocycles. The smallest absolute Gasteiger partial charge is 0.428 e. The summed E-state index contributed by atoms with van der Waals surface area (Å²) in [5, 5.41) is 19.6. The lowest BCUT2D eigenvalue weighted by molar-refractivity contribution is -0.255. The van der Waals surface area contributed by atoms with E-state index in [1.54, 1.807) is 6.92 Å². The molecule has 0 saturated heterocycles. The van der Waals surface area contributed by atoms with Gasteiger partial charge in [-0.1, -0.05) is 19.1 Å². The van der Waals surface area contributed by atoms with Crippen LogP contribution in [0.2, 0.25) is 0 Å². The first-order valence-electron chi connectivity index (χ1n) is 8.72. The number of alkyl halides is 3. The lowest BCUT2D eigenvalue weighted by Crippen LogP contribution is -2.49. The molecule has 158 valence electrons. The van der Waals surface area contributed by atoms with Gasteiger partial charge >= 0.3 is 12.1 Å². The molecule has 0 radical (unpaired) electrons. The molecule has 0 bridgehead atoms. The molecule has 0 spiro atoms. The fourth-order valence-corrected chi connectivity index (χ4v) is 3.18. The third kappa shape index (κ3) is 3.16. The monoisotopic (exact) mass is 422 g/mol. The first-order chi connectivity index (χ1) is 13.9. The Kier molecular flexibility index (Phi) is 5.02. The van der Waals surface area contributed by atoms with Crippen molar-refractivity contribution in [3.05, 3.63) is 47.4 Å². The van der Waals surface area contributed by atoms with Gasteiger partial charge in [0, 0.05) is 23.7 Å². The summed E-state index contributed by atoms with van der Waals surface area (Å²) in [5.41, 5.74) is 2.05. The number of carbonyl (C=O) groups is 2. The molecule has 11 heteroatoms. The molecule has 8 nitrogen and oxygen atoms in total. The lowest BCUT2D eigenvalue weighted by Gasteiger charge is -2.29. The van der Waals surface area contributed by atoms with E-state index in [0.29, 0.717) is 5.56 Å². The van der Waals surface area contributed by atoms with Crippen LogP contribution in [-0.2, 0) is 10.4 Å². The van der Waals surface area contributed by atoms with Crippen LogP contribution in [0.3, 0.4) is 0 Å². The highest BCUT2D eigenvalue weighted by Crippen LogP contribution is 2.42. The minimum absolute atomic E-state index is 0.107. The Morgan fingerprint density at radius 2 is 1.93 bits per heavy atom. The van der Waals surface area contributed by atoms with Gasteiger partial charge in [0.2, 0.25) is 5.60 Å². The Hall–Kier alpha value is -3.47. The molecule has 0 amide bonds. The number of benzene rings is 1. The number of carbonyl (C=O) groups excluding carboxylic acids is 1. The van der Waals surface area contributed by atoms with Gasteiger partial charge in [-0.3, -0.25) is 9.20 Å². The molecular weight excluding hydrogens is 405 g/mol. The zero-order chi connectivity index (χ0) is 22.4. The second-order valence-electron chi connectivity index (χ2n) is 6.67. The number of imidazole rings is 1. The quantitative estimate of drug-likeness (QED) is 0.576. The fourth-order valence-electron chi connectivity index (χ4n) is 3.18. The molecule has 1 atom stereocenters. The fraction of sp³-hybridized carbons (Fsp3) is 0.263. The maximum absolute atomic E-state index is 13.7. The van der Waals surface area contributed by atoms with Gasteiger partial charge in [0.25, 0.3) is 0 Å². The second-order valence-corrected chi connectivity index (χ2v) is 6.67. The highest BCUT2D eigenvalue weighted by Gasteiger charge is 2.59. The van der Waals surface area contributed by atoms with Crippen LogP contribution in [0.5, 0.6) is 0 Å². The average Bonchev–Trinajstić information content (AvgIpc) is 3.10. The Morgan fingerprint density at radius 1 is 1.27 bits per heavy atom. The summed E-state index contributed by atoms with van der Waals surface area (Å²) in [7, 11) is 0. The molecule has 1 aromatic carbocycles. The Balaban J connectivity index is 2.29. The van der Waals surface area contributed by atoms with Crippen molar-refractivity contribution in [3.63, 3.8) is 0 Å². The summed E-state index contributed by atoms with van der Waals surface area (Å²) in [4.78, 5) is 31.1. The van der Waals surface area contributed by atoms with Crippen LogP contribution in [0.25, 0.3) is 16.9 Å². The van der Waals surface area contributed by atoms with Gasteiger partial charge in [-0.15, -0.1) is 0 Å². The Morgan fingerprint density at radius 3 is 2.50 bits per heavy atom. The Labute approximate surface area is 167 Å². The van der Waals surface area contributed by atoms with E-state index in [1.807, 2.05) is 0 Å². The normalized spacial score (nSPS) is 13.9. The number of hydrogen-bond acceptors (Lipinski definition) is 6. The van der Waals surface area contributed by atoms with Gasteiger partial charge in [0.15, 0.2) is 22.9 Å². The SMILES string of the molecule is CCC(=O)C(O)(c1ccc(C)c(-c2cnc3c(N)nc(C(=O)O)cn23)c1)C(F)(F)F. The van der Waals surface area contributed by atoms with Crippen LogP contribution < -0.4 is 5.73 Å². The summed E-state index contributed by atoms with van der Waals surface area (Å²) >= 11 is 0. The summed E-state index contributed by atoms with van der Waals surface area (Å²) < 4.78 is 42.3. The summed E-state index contributed by atoms with van der Waals surface area (Å²) in [6, 6.07) is 3.39. The van der Waals surface area contributed by atoms with Gasteiger partial charge in [-0.2, -0.15) is 13.2 Å². The van der Waals surface area contributed by atoms with Crippen molar-refractivity contribution in [2.45, 2.75) is 32.0 Å². The zero-order valence-electron chi connectivity index (χ0n) is 15.9. The number of nitrogens with zero attached hydrogens (tertiary/aromatic N) is 3. The molecule has 3 aromatic rings. The van der Waals surface area contributed by atoms with Gasteiger partial charge in [0.1, 0.15) is 0 Å². The number of aryl methyl sites for hydroxylation is 1. The number of nitrogens with two attached hydrogens (primary N) is 1. The first-order valence-corrected chi connectivity index (χ1v) is 8.72. The third-order valence-corrected chi connectivity index (χ3v) is 4.80. The standard InChI is InChI=1S/C19H17F3N4O4/c1-3-14(27)18(30,19(20,21)22)10-5-4-9(2)11(6-10)13-7-24-16-15(23)25-12(17(28)29)8-26(13)16/h4-8,30H,3H2,1-2H3,(H2,23,25)(H,28,29). The van der Waals surface area contributed by atoms with E-state index in [1.165, 1.54) is 23.6 Å². The predicted molar refractivity (Wildman–Crippen MR) is 99.8 cm³/mol. The molecule has 0 saturated carbocycles. The molecule has 0 fully saturated rings.